The number of rotatable bonds is 6. The summed E-state index contributed by atoms with van der Waals surface area (Å²) in [6.45, 7) is 0.543. The normalized spacial score (nSPS) is 16.5. The highest BCUT2D eigenvalue weighted by Crippen LogP contribution is 2.35. The number of methoxy groups -OCH3 is 4. The SMILES string of the molecule is COC(=O)C[C@H]1C(=O)NCCN1C(=O)c1cc(OC)c(OC)cc1OC. The summed E-state index contributed by atoms with van der Waals surface area (Å²) in [5.74, 6) is -0.411. The minimum atomic E-state index is -0.957. The molecule has 0 saturated carbocycles. The summed E-state index contributed by atoms with van der Waals surface area (Å²) < 4.78 is 20.4. The molecule has 1 fully saturated rings. The van der Waals surface area contributed by atoms with E-state index in [1.807, 2.05) is 0 Å². The molecule has 2 amide bonds. The standard InChI is InChI=1S/C17H22N2O7/c1-23-12-9-14(25-3)13(24-2)7-10(12)17(22)19-6-5-18-16(21)11(19)8-15(20)26-4/h7,9,11H,5-6,8H2,1-4H3,(H,18,21)/t11-/m0/s1. The molecule has 1 aromatic rings. The van der Waals surface area contributed by atoms with Gasteiger partial charge in [0, 0.05) is 25.2 Å². The Balaban J connectivity index is 2.41. The van der Waals surface area contributed by atoms with Gasteiger partial charge in [0.05, 0.1) is 40.4 Å². The number of carbonyl (C=O) groups is 3. The lowest BCUT2D eigenvalue weighted by atomic mass is 10.1. The average Bonchev–Trinajstić information content (AvgIpc) is 2.67. The number of hydrogen-bond acceptors (Lipinski definition) is 7. The van der Waals surface area contributed by atoms with Crippen molar-refractivity contribution in [3.05, 3.63) is 17.7 Å². The van der Waals surface area contributed by atoms with E-state index in [9.17, 15) is 14.4 Å². The van der Waals surface area contributed by atoms with E-state index in [-0.39, 0.29) is 30.8 Å². The number of carbonyl (C=O) groups excluding carboxylic acids is 3. The molecule has 26 heavy (non-hydrogen) atoms. The summed E-state index contributed by atoms with van der Waals surface area (Å²) in [5, 5.41) is 2.65. The van der Waals surface area contributed by atoms with Crippen LogP contribution < -0.4 is 19.5 Å². The number of esters is 1. The Labute approximate surface area is 151 Å². The van der Waals surface area contributed by atoms with Crippen molar-refractivity contribution in [2.75, 3.05) is 41.5 Å². The van der Waals surface area contributed by atoms with Crippen LogP contribution in [0, 0.1) is 0 Å². The first-order chi connectivity index (χ1) is 12.5. The molecule has 1 aliphatic rings. The van der Waals surface area contributed by atoms with Crippen LogP contribution in [0.3, 0.4) is 0 Å². The van der Waals surface area contributed by atoms with Crippen molar-refractivity contribution < 1.29 is 33.3 Å². The maximum absolute atomic E-state index is 13.1. The minimum absolute atomic E-state index is 0.203. The van der Waals surface area contributed by atoms with E-state index in [2.05, 4.69) is 10.1 Å². The largest absolute Gasteiger partial charge is 0.496 e. The maximum Gasteiger partial charge on any atom is 0.308 e. The van der Waals surface area contributed by atoms with Crippen molar-refractivity contribution in [2.45, 2.75) is 12.5 Å². The highest BCUT2D eigenvalue weighted by atomic mass is 16.5. The first-order valence-electron chi connectivity index (χ1n) is 7.92. The van der Waals surface area contributed by atoms with Crippen LogP contribution in [0.4, 0.5) is 0 Å². The third kappa shape index (κ3) is 3.81. The molecule has 0 spiro atoms. The van der Waals surface area contributed by atoms with E-state index in [1.165, 1.54) is 45.5 Å². The zero-order chi connectivity index (χ0) is 19.3. The third-order valence-corrected chi connectivity index (χ3v) is 4.12. The second kappa shape index (κ2) is 8.41. The molecular weight excluding hydrogens is 344 g/mol. The summed E-state index contributed by atoms with van der Waals surface area (Å²) >= 11 is 0. The van der Waals surface area contributed by atoms with Crippen LogP contribution in [0.25, 0.3) is 0 Å². The van der Waals surface area contributed by atoms with Crippen LogP contribution in [0.1, 0.15) is 16.8 Å². The zero-order valence-electron chi connectivity index (χ0n) is 15.2. The molecule has 0 aromatic heterocycles. The lowest BCUT2D eigenvalue weighted by Gasteiger charge is -2.34. The molecule has 0 bridgehead atoms. The molecule has 2 rings (SSSR count). The Morgan fingerprint density at radius 1 is 1.08 bits per heavy atom. The van der Waals surface area contributed by atoms with Crippen molar-refractivity contribution in [1.82, 2.24) is 10.2 Å². The van der Waals surface area contributed by atoms with Gasteiger partial charge in [0.1, 0.15) is 11.8 Å². The van der Waals surface area contributed by atoms with Crippen LogP contribution in [-0.4, -0.2) is 70.3 Å². The Bertz CT molecular complexity index is 705. The highest BCUT2D eigenvalue weighted by molar-refractivity contribution is 6.01. The van der Waals surface area contributed by atoms with E-state index in [0.717, 1.165) is 0 Å². The van der Waals surface area contributed by atoms with E-state index in [4.69, 9.17) is 14.2 Å². The highest BCUT2D eigenvalue weighted by Gasteiger charge is 2.36. The molecule has 1 saturated heterocycles. The summed E-state index contributed by atoms with van der Waals surface area (Å²) in [5.41, 5.74) is 0.203. The Kier molecular flexibility index (Phi) is 6.26. The zero-order valence-corrected chi connectivity index (χ0v) is 15.2. The van der Waals surface area contributed by atoms with Crippen LogP contribution in [0.15, 0.2) is 12.1 Å². The second-order valence-electron chi connectivity index (χ2n) is 5.49. The van der Waals surface area contributed by atoms with Crippen LogP contribution in [0.2, 0.25) is 0 Å². The summed E-state index contributed by atoms with van der Waals surface area (Å²) in [4.78, 5) is 38.2. The number of hydrogen-bond donors (Lipinski definition) is 1. The van der Waals surface area contributed by atoms with Crippen LogP contribution in [0.5, 0.6) is 17.2 Å². The quantitative estimate of drug-likeness (QED) is 0.718. The second-order valence-corrected chi connectivity index (χ2v) is 5.49. The van der Waals surface area contributed by atoms with Gasteiger partial charge < -0.3 is 29.2 Å². The minimum Gasteiger partial charge on any atom is -0.496 e. The molecule has 9 nitrogen and oxygen atoms in total. The van der Waals surface area contributed by atoms with Crippen molar-refractivity contribution in [3.63, 3.8) is 0 Å². The smallest absolute Gasteiger partial charge is 0.308 e. The number of ether oxygens (including phenoxy) is 4. The van der Waals surface area contributed by atoms with E-state index in [0.29, 0.717) is 11.5 Å². The number of nitrogens with zero attached hydrogens (tertiary/aromatic N) is 1. The van der Waals surface area contributed by atoms with Crippen molar-refractivity contribution in [3.8, 4) is 17.2 Å². The monoisotopic (exact) mass is 366 g/mol. The molecule has 0 aliphatic carbocycles. The van der Waals surface area contributed by atoms with Crippen molar-refractivity contribution in [2.24, 2.45) is 0 Å². The molecule has 1 aromatic carbocycles. The molecule has 142 valence electrons. The first kappa shape index (κ1) is 19.4. The van der Waals surface area contributed by atoms with Gasteiger partial charge >= 0.3 is 5.97 Å². The van der Waals surface area contributed by atoms with E-state index >= 15 is 0 Å². The summed E-state index contributed by atoms with van der Waals surface area (Å²) in [7, 11) is 5.58. The molecule has 9 heteroatoms. The van der Waals surface area contributed by atoms with Crippen molar-refractivity contribution in [1.29, 1.82) is 0 Å². The number of piperazine rings is 1. The Hall–Kier alpha value is -2.97. The van der Waals surface area contributed by atoms with Crippen molar-refractivity contribution >= 4 is 17.8 Å². The number of nitrogens with one attached hydrogen (secondary N) is 1. The van der Waals surface area contributed by atoms with Gasteiger partial charge in [-0.3, -0.25) is 14.4 Å². The van der Waals surface area contributed by atoms with Gasteiger partial charge in [-0.1, -0.05) is 0 Å². The van der Waals surface area contributed by atoms with Gasteiger partial charge in [0.25, 0.3) is 5.91 Å². The fourth-order valence-corrected chi connectivity index (χ4v) is 2.75. The fraction of sp³-hybridized carbons (Fsp3) is 0.471. The third-order valence-electron chi connectivity index (χ3n) is 4.12. The number of amides is 2. The number of benzene rings is 1. The molecule has 1 aliphatic heterocycles. The Morgan fingerprint density at radius 3 is 2.27 bits per heavy atom. The van der Waals surface area contributed by atoms with Gasteiger partial charge in [-0.2, -0.15) is 0 Å². The first-order valence-corrected chi connectivity index (χ1v) is 7.92. The summed E-state index contributed by atoms with van der Waals surface area (Å²) in [6, 6.07) is 2.06. The van der Waals surface area contributed by atoms with Crippen LogP contribution in [-0.2, 0) is 14.3 Å². The molecule has 0 unspecified atom stereocenters. The topological polar surface area (TPSA) is 103 Å². The molecular formula is C17H22N2O7. The van der Waals surface area contributed by atoms with Gasteiger partial charge in [-0.05, 0) is 0 Å². The van der Waals surface area contributed by atoms with E-state index < -0.39 is 23.8 Å². The van der Waals surface area contributed by atoms with Gasteiger partial charge in [-0.15, -0.1) is 0 Å². The average molecular weight is 366 g/mol. The molecule has 1 atom stereocenters. The summed E-state index contributed by atoms with van der Waals surface area (Å²) in [6.07, 6.45) is -0.232. The molecule has 1 N–H and O–H groups in total. The molecule has 0 radical (unpaired) electrons. The Morgan fingerprint density at radius 2 is 1.69 bits per heavy atom. The van der Waals surface area contributed by atoms with Gasteiger partial charge in [0.15, 0.2) is 11.5 Å². The fourth-order valence-electron chi connectivity index (χ4n) is 2.75. The lowest BCUT2D eigenvalue weighted by Crippen LogP contribution is -2.57. The maximum atomic E-state index is 13.1. The predicted octanol–water partition coefficient (Wildman–Crippen LogP) is 0.216. The van der Waals surface area contributed by atoms with Crippen LogP contribution >= 0.6 is 0 Å². The molecule has 1 heterocycles. The van der Waals surface area contributed by atoms with Gasteiger partial charge in [0.2, 0.25) is 5.91 Å². The van der Waals surface area contributed by atoms with E-state index in [1.54, 1.807) is 0 Å². The predicted molar refractivity (Wildman–Crippen MR) is 90.6 cm³/mol. The lowest BCUT2D eigenvalue weighted by molar-refractivity contribution is -0.145. The van der Waals surface area contributed by atoms with Gasteiger partial charge in [-0.25, -0.2) is 0 Å².